The zero-order valence-corrected chi connectivity index (χ0v) is 13.5. The van der Waals surface area contributed by atoms with E-state index in [1.54, 1.807) is 19.1 Å². The van der Waals surface area contributed by atoms with Crippen LogP contribution in [0.1, 0.15) is 50.2 Å². The number of ether oxygens (including phenoxy) is 1. The van der Waals surface area contributed by atoms with Gasteiger partial charge in [0.15, 0.2) is 0 Å². The molecule has 0 unspecified atom stereocenters. The van der Waals surface area contributed by atoms with Gasteiger partial charge < -0.3 is 4.74 Å². The summed E-state index contributed by atoms with van der Waals surface area (Å²) in [6.45, 7) is 6.13. The molecule has 6 heteroatoms. The molecule has 0 aromatic heterocycles. The normalized spacial score (nSPS) is 11.4. The molecule has 2 N–H and O–H groups in total. The number of primary sulfonamides is 1. The van der Waals surface area contributed by atoms with Crippen molar-refractivity contribution in [2.75, 3.05) is 6.61 Å². The second-order valence-corrected chi connectivity index (χ2v) is 6.85. The molecule has 0 bridgehead atoms. The quantitative estimate of drug-likeness (QED) is 0.784. The number of unbranched alkanes of at least 4 members (excludes halogenated alkanes) is 2. The van der Waals surface area contributed by atoms with Crippen LogP contribution >= 0.6 is 0 Å². The maximum absolute atomic E-state index is 11.7. The van der Waals surface area contributed by atoms with Crippen molar-refractivity contribution in [2.45, 2.75) is 50.8 Å². The number of hydrogen-bond donors (Lipinski definition) is 1. The van der Waals surface area contributed by atoms with Gasteiger partial charge in [-0.15, -0.1) is 0 Å². The van der Waals surface area contributed by atoms with Crippen molar-refractivity contribution in [3.05, 3.63) is 23.3 Å². The number of rotatable bonds is 7. The Balaban J connectivity index is 2.98. The molecular weight excluding hydrogens is 288 g/mol. The second kappa shape index (κ2) is 7.43. The molecule has 0 aliphatic heterocycles. The summed E-state index contributed by atoms with van der Waals surface area (Å²) in [6, 6.07) is 5.41. The average molecular weight is 310 g/mol. The molecule has 0 saturated carbocycles. The molecule has 0 saturated heterocycles. The van der Waals surface area contributed by atoms with Crippen molar-refractivity contribution in [3.8, 4) is 11.8 Å². The van der Waals surface area contributed by atoms with Crippen LogP contribution in [0.3, 0.4) is 0 Å². The minimum atomic E-state index is -3.74. The molecule has 0 fully saturated rings. The van der Waals surface area contributed by atoms with Crippen LogP contribution in [0.5, 0.6) is 5.75 Å². The van der Waals surface area contributed by atoms with Crippen molar-refractivity contribution < 1.29 is 13.2 Å². The first-order valence-electron chi connectivity index (χ1n) is 6.94. The van der Waals surface area contributed by atoms with Crippen LogP contribution < -0.4 is 9.88 Å². The summed E-state index contributed by atoms with van der Waals surface area (Å²) in [5.74, 6) is 0.697. The van der Waals surface area contributed by atoms with E-state index >= 15 is 0 Å². The van der Waals surface area contributed by atoms with E-state index in [0.717, 1.165) is 18.4 Å². The monoisotopic (exact) mass is 310 g/mol. The first-order chi connectivity index (χ1) is 9.77. The lowest BCUT2D eigenvalue weighted by molar-refractivity contribution is 0.305. The molecule has 1 rings (SSSR count). The zero-order chi connectivity index (χ0) is 16.0. The molecule has 0 atom stereocenters. The van der Waals surface area contributed by atoms with Crippen LogP contribution in [-0.2, 0) is 10.0 Å². The molecule has 0 spiro atoms. The fourth-order valence-electron chi connectivity index (χ4n) is 2.02. The Labute approximate surface area is 126 Å². The molecule has 0 aliphatic carbocycles. The van der Waals surface area contributed by atoms with Crippen LogP contribution in [0.2, 0.25) is 0 Å². The van der Waals surface area contributed by atoms with E-state index in [2.05, 4.69) is 6.07 Å². The highest BCUT2D eigenvalue weighted by atomic mass is 32.2. The van der Waals surface area contributed by atoms with Gasteiger partial charge in [0.05, 0.1) is 17.6 Å². The summed E-state index contributed by atoms with van der Waals surface area (Å²) >= 11 is 0. The predicted molar refractivity (Wildman–Crippen MR) is 81.6 cm³/mol. The molecule has 21 heavy (non-hydrogen) atoms. The molecule has 5 nitrogen and oxygen atoms in total. The maximum atomic E-state index is 11.7. The zero-order valence-electron chi connectivity index (χ0n) is 12.7. The van der Waals surface area contributed by atoms with E-state index in [4.69, 9.17) is 15.1 Å². The van der Waals surface area contributed by atoms with Gasteiger partial charge in [-0.1, -0.05) is 13.8 Å². The minimum Gasteiger partial charge on any atom is -0.493 e. The van der Waals surface area contributed by atoms with Crippen molar-refractivity contribution in [1.82, 2.24) is 0 Å². The van der Waals surface area contributed by atoms with Gasteiger partial charge >= 0.3 is 0 Å². The summed E-state index contributed by atoms with van der Waals surface area (Å²) in [5.41, 5.74) is 1.40. The topological polar surface area (TPSA) is 93.2 Å². The van der Waals surface area contributed by atoms with E-state index < -0.39 is 10.0 Å². The number of aryl methyl sites for hydroxylation is 1. The second-order valence-electron chi connectivity index (χ2n) is 5.32. The third kappa shape index (κ3) is 5.03. The van der Waals surface area contributed by atoms with Crippen molar-refractivity contribution in [3.63, 3.8) is 0 Å². The number of nitrogens with two attached hydrogens (primary N) is 1. The number of sulfonamides is 1. The Kier molecular flexibility index (Phi) is 6.19. The van der Waals surface area contributed by atoms with Gasteiger partial charge in [-0.2, -0.15) is 5.26 Å². The molecule has 0 aliphatic rings. The smallest absolute Gasteiger partial charge is 0.238 e. The van der Waals surface area contributed by atoms with Gasteiger partial charge in [-0.05, 0) is 48.9 Å². The Hall–Kier alpha value is -1.58. The van der Waals surface area contributed by atoms with Gasteiger partial charge in [-0.3, -0.25) is 0 Å². The largest absolute Gasteiger partial charge is 0.493 e. The van der Waals surface area contributed by atoms with Gasteiger partial charge in [0, 0.05) is 6.42 Å². The Morgan fingerprint density at radius 2 is 2.00 bits per heavy atom. The highest BCUT2D eigenvalue weighted by molar-refractivity contribution is 7.89. The maximum Gasteiger partial charge on any atom is 0.238 e. The summed E-state index contributed by atoms with van der Waals surface area (Å²) < 4.78 is 29.0. The Bertz CT molecular complexity index is 631. The Morgan fingerprint density at radius 1 is 1.33 bits per heavy atom. The first-order valence-corrected chi connectivity index (χ1v) is 8.49. The summed E-state index contributed by atoms with van der Waals surface area (Å²) in [6.07, 6.45) is 2.10. The van der Waals surface area contributed by atoms with Crippen molar-refractivity contribution >= 4 is 10.0 Å². The van der Waals surface area contributed by atoms with Crippen LogP contribution in [-0.4, -0.2) is 15.0 Å². The van der Waals surface area contributed by atoms with E-state index in [9.17, 15) is 8.42 Å². The van der Waals surface area contributed by atoms with Gasteiger partial charge in [-0.25, -0.2) is 13.6 Å². The number of hydrogen-bond acceptors (Lipinski definition) is 4. The van der Waals surface area contributed by atoms with E-state index in [0.29, 0.717) is 24.3 Å². The van der Waals surface area contributed by atoms with E-state index in [-0.39, 0.29) is 10.8 Å². The fourth-order valence-corrected chi connectivity index (χ4v) is 2.98. The van der Waals surface area contributed by atoms with Crippen LogP contribution in [0.4, 0.5) is 0 Å². The van der Waals surface area contributed by atoms with Crippen molar-refractivity contribution in [2.24, 2.45) is 5.14 Å². The third-order valence-electron chi connectivity index (χ3n) is 3.18. The molecule has 116 valence electrons. The van der Waals surface area contributed by atoms with E-state index in [1.807, 2.05) is 13.8 Å². The van der Waals surface area contributed by atoms with Crippen LogP contribution in [0.15, 0.2) is 17.0 Å². The predicted octanol–water partition coefficient (Wildman–Crippen LogP) is 2.84. The molecule has 0 heterocycles. The lowest BCUT2D eigenvalue weighted by atomic mass is 10.0. The third-order valence-corrected chi connectivity index (χ3v) is 4.14. The fraction of sp³-hybridized carbons (Fsp3) is 0.533. The lowest BCUT2D eigenvalue weighted by Crippen LogP contribution is -2.16. The van der Waals surface area contributed by atoms with Crippen LogP contribution in [0.25, 0.3) is 0 Å². The van der Waals surface area contributed by atoms with Crippen LogP contribution in [0, 0.1) is 18.3 Å². The number of nitrogens with zero attached hydrogens (tertiary/aromatic N) is 1. The van der Waals surface area contributed by atoms with E-state index in [1.165, 1.54) is 0 Å². The molecule has 0 radical (unpaired) electrons. The minimum absolute atomic E-state index is 0.0277. The highest BCUT2D eigenvalue weighted by Gasteiger charge is 2.19. The van der Waals surface area contributed by atoms with Gasteiger partial charge in [0.25, 0.3) is 0 Å². The molecule has 1 aromatic carbocycles. The summed E-state index contributed by atoms with van der Waals surface area (Å²) in [4.78, 5) is 0.159. The summed E-state index contributed by atoms with van der Waals surface area (Å²) in [5, 5.41) is 13.7. The number of nitriles is 1. The number of benzene rings is 1. The summed E-state index contributed by atoms with van der Waals surface area (Å²) in [7, 11) is -3.74. The Morgan fingerprint density at radius 3 is 2.52 bits per heavy atom. The standard InChI is InChI=1S/C15H22N2O3S/c1-11(2)13-10-14(20-8-6-4-5-7-16)12(3)9-15(13)21(17,18)19/h9-11H,4-6,8H2,1-3H3,(H2,17,18,19). The molecular formula is C15H22N2O3S. The SMILES string of the molecule is Cc1cc(S(N)(=O)=O)c(C(C)C)cc1OCCCCC#N. The molecule has 1 aromatic rings. The first kappa shape index (κ1) is 17.5. The highest BCUT2D eigenvalue weighted by Crippen LogP contribution is 2.30. The van der Waals surface area contributed by atoms with Gasteiger partial charge in [0.1, 0.15) is 5.75 Å². The van der Waals surface area contributed by atoms with Crippen molar-refractivity contribution in [1.29, 1.82) is 5.26 Å². The average Bonchev–Trinajstić information content (AvgIpc) is 2.38. The molecule has 0 amide bonds. The van der Waals surface area contributed by atoms with Gasteiger partial charge in [0.2, 0.25) is 10.0 Å². The lowest BCUT2D eigenvalue weighted by Gasteiger charge is -2.16.